The summed E-state index contributed by atoms with van der Waals surface area (Å²) in [5.74, 6) is 1.22. The van der Waals surface area contributed by atoms with Crippen LogP contribution in [0.5, 0.6) is 0 Å². The third kappa shape index (κ3) is 1.97. The molecule has 3 heteroatoms. The van der Waals surface area contributed by atoms with Gasteiger partial charge in [-0.3, -0.25) is 4.99 Å². The van der Waals surface area contributed by atoms with Gasteiger partial charge < -0.3 is 4.57 Å². The van der Waals surface area contributed by atoms with Gasteiger partial charge in [-0.1, -0.05) is 36.4 Å². The van der Waals surface area contributed by atoms with Crippen LogP contribution in [0.25, 0.3) is 22.5 Å². The lowest BCUT2D eigenvalue weighted by Gasteiger charge is -2.11. The van der Waals surface area contributed by atoms with Crippen LogP contribution in [0.3, 0.4) is 0 Å². The lowest BCUT2D eigenvalue weighted by Crippen LogP contribution is -1.98. The van der Waals surface area contributed by atoms with Crippen molar-refractivity contribution in [3.05, 3.63) is 65.0 Å². The molecule has 0 saturated carbocycles. The molecule has 0 fully saturated rings. The Balaban J connectivity index is 1.76. The molecule has 0 aliphatic carbocycles. The standard InChI is InChI=1S/C21H19N3/c1-14-5-2-3-6-18(14)20-21(24-10-4-7-19(24)23-20)15-8-9-16-12-22-13-17(16)11-15/h2-3,5-6,8-9,11,13H,4,7,10,12H2,1H3. The molecule has 0 atom stereocenters. The van der Waals surface area contributed by atoms with Crippen molar-refractivity contribution >= 4 is 6.21 Å². The van der Waals surface area contributed by atoms with Gasteiger partial charge in [-0.05, 0) is 36.1 Å². The van der Waals surface area contributed by atoms with Gasteiger partial charge in [0.1, 0.15) is 5.82 Å². The molecular formula is C21H19N3. The van der Waals surface area contributed by atoms with Crippen LogP contribution in [0.1, 0.15) is 28.9 Å². The quantitative estimate of drug-likeness (QED) is 0.689. The highest BCUT2D eigenvalue weighted by Crippen LogP contribution is 2.37. The fraction of sp³-hybridized carbons (Fsp3) is 0.238. The number of hydrogen-bond donors (Lipinski definition) is 0. The van der Waals surface area contributed by atoms with Gasteiger partial charge in [-0.2, -0.15) is 0 Å². The molecule has 2 aromatic carbocycles. The normalized spacial score (nSPS) is 14.9. The van der Waals surface area contributed by atoms with E-state index in [1.165, 1.54) is 45.8 Å². The number of aliphatic imine (C=N–C) groups is 1. The van der Waals surface area contributed by atoms with E-state index in [1.807, 2.05) is 6.21 Å². The highest BCUT2D eigenvalue weighted by molar-refractivity contribution is 5.89. The topological polar surface area (TPSA) is 30.2 Å². The minimum absolute atomic E-state index is 0.810. The molecule has 0 unspecified atom stereocenters. The summed E-state index contributed by atoms with van der Waals surface area (Å²) in [4.78, 5) is 9.41. The number of fused-ring (bicyclic) bond motifs is 2. The average Bonchev–Trinajstić information content (AvgIpc) is 3.29. The van der Waals surface area contributed by atoms with Crippen molar-refractivity contribution in [2.24, 2.45) is 4.99 Å². The van der Waals surface area contributed by atoms with Gasteiger partial charge in [-0.15, -0.1) is 0 Å². The molecule has 0 saturated heterocycles. The van der Waals surface area contributed by atoms with Crippen molar-refractivity contribution in [2.75, 3.05) is 0 Å². The first-order chi connectivity index (χ1) is 11.8. The summed E-state index contributed by atoms with van der Waals surface area (Å²) >= 11 is 0. The van der Waals surface area contributed by atoms with E-state index in [0.717, 1.165) is 25.2 Å². The molecule has 3 nitrogen and oxygen atoms in total. The zero-order valence-electron chi connectivity index (χ0n) is 13.8. The number of hydrogen-bond acceptors (Lipinski definition) is 2. The molecule has 118 valence electrons. The summed E-state index contributed by atoms with van der Waals surface area (Å²) in [5.41, 5.74) is 8.72. The Kier molecular flexibility index (Phi) is 2.96. The molecule has 0 amide bonds. The number of aryl methyl sites for hydroxylation is 2. The van der Waals surface area contributed by atoms with E-state index in [0.29, 0.717) is 0 Å². The Morgan fingerprint density at radius 3 is 2.92 bits per heavy atom. The van der Waals surface area contributed by atoms with Crippen LogP contribution in [0, 0.1) is 6.92 Å². The smallest absolute Gasteiger partial charge is 0.109 e. The van der Waals surface area contributed by atoms with E-state index in [2.05, 4.69) is 58.9 Å². The van der Waals surface area contributed by atoms with Gasteiger partial charge >= 0.3 is 0 Å². The van der Waals surface area contributed by atoms with Crippen molar-refractivity contribution in [3.8, 4) is 22.5 Å². The third-order valence-electron chi connectivity index (χ3n) is 5.14. The van der Waals surface area contributed by atoms with E-state index < -0.39 is 0 Å². The maximum Gasteiger partial charge on any atom is 0.109 e. The lowest BCUT2D eigenvalue weighted by atomic mass is 9.98. The second-order valence-corrected chi connectivity index (χ2v) is 6.68. The van der Waals surface area contributed by atoms with Gasteiger partial charge in [-0.25, -0.2) is 4.98 Å². The van der Waals surface area contributed by atoms with Gasteiger partial charge in [0.25, 0.3) is 0 Å². The summed E-state index contributed by atoms with van der Waals surface area (Å²) in [7, 11) is 0. The molecule has 0 N–H and O–H groups in total. The van der Waals surface area contributed by atoms with Gasteiger partial charge in [0.15, 0.2) is 0 Å². The first-order valence-electron chi connectivity index (χ1n) is 8.60. The van der Waals surface area contributed by atoms with Crippen molar-refractivity contribution in [1.29, 1.82) is 0 Å². The Labute approximate surface area is 141 Å². The highest BCUT2D eigenvalue weighted by Gasteiger charge is 2.24. The molecule has 1 aromatic heterocycles. The van der Waals surface area contributed by atoms with Gasteiger partial charge in [0.05, 0.1) is 17.9 Å². The van der Waals surface area contributed by atoms with Crippen molar-refractivity contribution in [3.63, 3.8) is 0 Å². The predicted octanol–water partition coefficient (Wildman–Crippen LogP) is 4.40. The minimum atomic E-state index is 0.810. The molecule has 0 radical (unpaired) electrons. The molecule has 3 heterocycles. The Bertz CT molecular complexity index is 979. The van der Waals surface area contributed by atoms with E-state index >= 15 is 0 Å². The average molecular weight is 313 g/mol. The van der Waals surface area contributed by atoms with Crippen molar-refractivity contribution in [1.82, 2.24) is 9.55 Å². The van der Waals surface area contributed by atoms with E-state index in [9.17, 15) is 0 Å². The third-order valence-corrected chi connectivity index (χ3v) is 5.14. The predicted molar refractivity (Wildman–Crippen MR) is 97.5 cm³/mol. The van der Waals surface area contributed by atoms with Crippen LogP contribution < -0.4 is 0 Å². The summed E-state index contributed by atoms with van der Waals surface area (Å²) in [6.45, 7) is 4.04. The van der Waals surface area contributed by atoms with E-state index in [4.69, 9.17) is 4.98 Å². The molecule has 0 bridgehead atoms. The maximum absolute atomic E-state index is 5.02. The number of benzene rings is 2. The van der Waals surface area contributed by atoms with E-state index in [1.54, 1.807) is 0 Å². The first-order valence-corrected chi connectivity index (χ1v) is 8.60. The second kappa shape index (κ2) is 5.17. The van der Waals surface area contributed by atoms with Crippen molar-refractivity contribution < 1.29 is 0 Å². The molecule has 5 rings (SSSR count). The Morgan fingerprint density at radius 2 is 2.00 bits per heavy atom. The van der Waals surface area contributed by atoms with Crippen LogP contribution in [-0.4, -0.2) is 15.8 Å². The summed E-state index contributed by atoms with van der Waals surface area (Å²) < 4.78 is 2.41. The first kappa shape index (κ1) is 13.7. The summed E-state index contributed by atoms with van der Waals surface area (Å²) in [6, 6.07) is 15.3. The van der Waals surface area contributed by atoms with Crippen molar-refractivity contribution in [2.45, 2.75) is 32.9 Å². The van der Waals surface area contributed by atoms with Crippen LogP contribution in [0.2, 0.25) is 0 Å². The van der Waals surface area contributed by atoms with Crippen LogP contribution in [0.15, 0.2) is 47.5 Å². The molecule has 2 aliphatic rings. The van der Waals surface area contributed by atoms with Gasteiger partial charge in [0.2, 0.25) is 0 Å². The molecule has 3 aromatic rings. The molecular weight excluding hydrogens is 294 g/mol. The Morgan fingerprint density at radius 1 is 1.08 bits per heavy atom. The fourth-order valence-electron chi connectivity index (χ4n) is 3.89. The lowest BCUT2D eigenvalue weighted by molar-refractivity contribution is 0.756. The zero-order valence-corrected chi connectivity index (χ0v) is 13.8. The number of nitrogens with zero attached hydrogens (tertiary/aromatic N) is 3. The largest absolute Gasteiger partial charge is 0.327 e. The molecule has 0 spiro atoms. The van der Waals surface area contributed by atoms with E-state index in [-0.39, 0.29) is 0 Å². The fourth-order valence-corrected chi connectivity index (χ4v) is 3.89. The number of rotatable bonds is 2. The summed E-state index contributed by atoms with van der Waals surface area (Å²) in [5, 5.41) is 0. The second-order valence-electron chi connectivity index (χ2n) is 6.68. The highest BCUT2D eigenvalue weighted by atomic mass is 15.1. The van der Waals surface area contributed by atoms with Gasteiger partial charge in [0, 0.05) is 30.3 Å². The van der Waals surface area contributed by atoms with Crippen LogP contribution in [-0.2, 0) is 19.5 Å². The Hall–Kier alpha value is -2.68. The summed E-state index contributed by atoms with van der Waals surface area (Å²) in [6.07, 6.45) is 4.26. The number of imidazole rings is 1. The molecule has 2 aliphatic heterocycles. The minimum Gasteiger partial charge on any atom is -0.327 e. The zero-order chi connectivity index (χ0) is 16.1. The molecule has 24 heavy (non-hydrogen) atoms. The van der Waals surface area contributed by atoms with Crippen LogP contribution >= 0.6 is 0 Å². The monoisotopic (exact) mass is 313 g/mol. The number of aromatic nitrogens is 2. The van der Waals surface area contributed by atoms with Crippen LogP contribution in [0.4, 0.5) is 0 Å². The maximum atomic E-state index is 5.02. The SMILES string of the molecule is Cc1ccccc1-c1nc2n(c1-c1ccc3c(c1)C=NC3)CCC2.